The standard InChI is InChI=1S/C27H36N3O3.C3H7.Y/c1-19-11-13-22(14-12-19)17-26(32)24(10-6-7-15-28)30-27(33)23(18-25(31)20(2)29)16-21-8-4-3-5-9-21;1-3-2;/h3-5,8-9,11-14,20,23-24H,1,6-7,10,15-18,28-29H2,2H3,(H,30,33);3H,1-2H3;/q2*-1;/t20-,23-,24?;;/m0../s1. The predicted octanol–water partition coefficient (Wildman–Crippen LogP) is 3.99. The van der Waals surface area contributed by atoms with Gasteiger partial charge in [-0.25, -0.2) is 0 Å². The van der Waals surface area contributed by atoms with Crippen molar-refractivity contribution in [3.63, 3.8) is 0 Å². The molecule has 0 saturated heterocycles. The van der Waals surface area contributed by atoms with Crippen molar-refractivity contribution in [1.29, 1.82) is 0 Å². The Morgan fingerprint density at radius 2 is 1.54 bits per heavy atom. The van der Waals surface area contributed by atoms with Gasteiger partial charge in [0.25, 0.3) is 0 Å². The maximum absolute atomic E-state index is 13.3. The van der Waals surface area contributed by atoms with Gasteiger partial charge in [-0.1, -0.05) is 35.9 Å². The molecule has 2 aromatic rings. The molecule has 6 nitrogen and oxygen atoms in total. The summed E-state index contributed by atoms with van der Waals surface area (Å²) >= 11 is 0. The number of rotatable bonds is 14. The maximum Gasteiger partial charge on any atom is 0.224 e. The van der Waals surface area contributed by atoms with Gasteiger partial charge in [-0.3, -0.25) is 14.4 Å². The molecule has 201 valence electrons. The van der Waals surface area contributed by atoms with Crippen LogP contribution in [0.5, 0.6) is 0 Å². The summed E-state index contributed by atoms with van der Waals surface area (Å²) in [6.07, 6.45) is 4.66. The molecule has 0 bridgehead atoms. The molecular formula is C30H43N3O3Y-2. The van der Waals surface area contributed by atoms with E-state index in [4.69, 9.17) is 11.5 Å². The molecule has 0 saturated carbocycles. The molecule has 0 aliphatic rings. The summed E-state index contributed by atoms with van der Waals surface area (Å²) < 4.78 is 0. The normalized spacial score (nSPS) is 12.7. The van der Waals surface area contributed by atoms with E-state index in [0.717, 1.165) is 29.5 Å². The van der Waals surface area contributed by atoms with Crippen molar-refractivity contribution >= 4 is 17.5 Å². The molecule has 3 atom stereocenters. The summed E-state index contributed by atoms with van der Waals surface area (Å²) in [7, 11) is 0. The minimum absolute atomic E-state index is 0. The molecule has 2 aromatic carbocycles. The van der Waals surface area contributed by atoms with Gasteiger partial charge in [0.2, 0.25) is 5.91 Å². The molecule has 7 heteroatoms. The summed E-state index contributed by atoms with van der Waals surface area (Å²) in [5, 5.41) is 2.94. The Kier molecular flexibility index (Phi) is 19.1. The van der Waals surface area contributed by atoms with Crippen LogP contribution in [0.25, 0.3) is 0 Å². The SMILES string of the molecule is C[CH-]C.[CH2-]c1ccc(CC(=O)C(CCCCN)NC(=O)[C@H](CC(=O)[C@H](C)N)Cc2ccccc2)cc1.[Y]. The quantitative estimate of drug-likeness (QED) is 0.230. The summed E-state index contributed by atoms with van der Waals surface area (Å²) in [4.78, 5) is 38.7. The van der Waals surface area contributed by atoms with E-state index in [9.17, 15) is 14.4 Å². The van der Waals surface area contributed by atoms with Crippen molar-refractivity contribution in [3.8, 4) is 0 Å². The smallest absolute Gasteiger partial charge is 0.224 e. The third kappa shape index (κ3) is 14.6. The first-order valence-corrected chi connectivity index (χ1v) is 12.7. The number of nitrogens with two attached hydrogens (primary N) is 2. The van der Waals surface area contributed by atoms with Crippen LogP contribution in [0.2, 0.25) is 0 Å². The van der Waals surface area contributed by atoms with E-state index in [1.165, 1.54) is 0 Å². The summed E-state index contributed by atoms with van der Waals surface area (Å²) in [5.41, 5.74) is 14.1. The first-order valence-electron chi connectivity index (χ1n) is 12.7. The topological polar surface area (TPSA) is 115 Å². The van der Waals surface area contributed by atoms with Crippen molar-refractivity contribution < 1.29 is 47.1 Å². The van der Waals surface area contributed by atoms with Gasteiger partial charge in [-0.15, -0.1) is 12.1 Å². The number of amides is 1. The van der Waals surface area contributed by atoms with Crippen LogP contribution in [0.1, 0.15) is 63.1 Å². The van der Waals surface area contributed by atoms with Crippen LogP contribution in [0, 0.1) is 19.3 Å². The largest absolute Gasteiger partial charge is 0.346 e. The molecule has 37 heavy (non-hydrogen) atoms. The van der Waals surface area contributed by atoms with E-state index in [1.807, 2.05) is 74.9 Å². The van der Waals surface area contributed by atoms with Crippen LogP contribution >= 0.6 is 0 Å². The van der Waals surface area contributed by atoms with Crippen molar-refractivity contribution in [1.82, 2.24) is 5.32 Å². The summed E-state index contributed by atoms with van der Waals surface area (Å²) in [6.45, 7) is 10.0. The Balaban J connectivity index is 0.00000308. The van der Waals surface area contributed by atoms with Gasteiger partial charge in [0.05, 0.1) is 12.1 Å². The van der Waals surface area contributed by atoms with Crippen LogP contribution in [0.15, 0.2) is 54.6 Å². The minimum Gasteiger partial charge on any atom is -0.346 e. The number of benzene rings is 2. The Labute approximate surface area is 248 Å². The van der Waals surface area contributed by atoms with Crippen LogP contribution in [0.4, 0.5) is 0 Å². The molecule has 0 aliphatic heterocycles. The van der Waals surface area contributed by atoms with Gasteiger partial charge in [0.15, 0.2) is 5.78 Å². The van der Waals surface area contributed by atoms with Gasteiger partial charge in [-0.2, -0.15) is 38.5 Å². The zero-order valence-electron chi connectivity index (χ0n) is 22.6. The number of ketones is 2. The van der Waals surface area contributed by atoms with Crippen LogP contribution in [0.3, 0.4) is 0 Å². The van der Waals surface area contributed by atoms with E-state index in [2.05, 4.69) is 12.2 Å². The second-order valence-electron chi connectivity index (χ2n) is 9.23. The molecule has 0 spiro atoms. The van der Waals surface area contributed by atoms with E-state index < -0.39 is 18.0 Å². The third-order valence-electron chi connectivity index (χ3n) is 5.70. The first kappa shape index (κ1) is 35.1. The molecule has 5 N–H and O–H groups in total. The van der Waals surface area contributed by atoms with Gasteiger partial charge >= 0.3 is 0 Å². The van der Waals surface area contributed by atoms with Gasteiger partial charge in [0, 0.05) is 51.5 Å². The van der Waals surface area contributed by atoms with Gasteiger partial charge < -0.3 is 23.2 Å². The number of hydrogen-bond acceptors (Lipinski definition) is 5. The van der Waals surface area contributed by atoms with E-state index in [1.54, 1.807) is 6.92 Å². The Morgan fingerprint density at radius 3 is 2.08 bits per heavy atom. The minimum atomic E-state index is -0.644. The molecule has 0 fully saturated rings. The molecule has 1 unspecified atom stereocenters. The Bertz CT molecular complexity index is 917. The molecule has 0 heterocycles. The average Bonchev–Trinajstić information content (AvgIpc) is 2.85. The van der Waals surface area contributed by atoms with E-state index >= 15 is 0 Å². The molecule has 1 radical (unpaired) electrons. The number of Topliss-reactive ketones (excluding diaryl/α,β-unsaturated/α-hetero) is 2. The van der Waals surface area contributed by atoms with E-state index in [0.29, 0.717) is 19.4 Å². The summed E-state index contributed by atoms with van der Waals surface area (Å²) in [5.74, 6) is -1.13. The second kappa shape index (κ2) is 20.2. The van der Waals surface area contributed by atoms with Gasteiger partial charge in [0.1, 0.15) is 5.78 Å². The van der Waals surface area contributed by atoms with Crippen LogP contribution in [-0.2, 0) is 59.9 Å². The number of nitrogens with one attached hydrogen (secondary N) is 1. The Hall–Kier alpha value is -1.86. The van der Waals surface area contributed by atoms with Crippen LogP contribution in [-0.4, -0.2) is 36.1 Å². The van der Waals surface area contributed by atoms with Crippen LogP contribution < -0.4 is 16.8 Å². The van der Waals surface area contributed by atoms with Gasteiger partial charge in [-0.05, 0) is 44.7 Å². The van der Waals surface area contributed by atoms with E-state index in [-0.39, 0.29) is 63.0 Å². The third-order valence-corrected chi connectivity index (χ3v) is 5.70. The fourth-order valence-electron chi connectivity index (χ4n) is 3.66. The summed E-state index contributed by atoms with van der Waals surface area (Å²) in [6, 6.07) is 15.7. The van der Waals surface area contributed by atoms with Crippen molar-refractivity contribution in [2.24, 2.45) is 17.4 Å². The number of unbranched alkanes of at least 4 members (excludes halogenated alkanes) is 1. The zero-order chi connectivity index (χ0) is 26.9. The molecule has 0 aromatic heterocycles. The molecule has 0 aliphatic carbocycles. The number of carbonyl (C=O) groups excluding carboxylic acids is 3. The van der Waals surface area contributed by atoms with Crippen molar-refractivity contribution in [2.45, 2.75) is 71.4 Å². The average molecular weight is 583 g/mol. The van der Waals surface area contributed by atoms with Crippen molar-refractivity contribution in [2.75, 3.05) is 6.54 Å². The fourth-order valence-corrected chi connectivity index (χ4v) is 3.66. The molecule has 1 amide bonds. The predicted molar refractivity (Wildman–Crippen MR) is 147 cm³/mol. The number of carbonyl (C=O) groups is 3. The molecular weight excluding hydrogens is 539 g/mol. The van der Waals surface area contributed by atoms with Crippen molar-refractivity contribution in [3.05, 3.63) is 84.6 Å². The fraction of sp³-hybridized carbons (Fsp3) is 0.433. The molecule has 2 rings (SSSR count). The zero-order valence-corrected chi connectivity index (χ0v) is 25.5. The first-order chi connectivity index (χ1) is 17.2. The maximum atomic E-state index is 13.3. The Morgan fingerprint density at radius 1 is 0.946 bits per heavy atom. The monoisotopic (exact) mass is 582 g/mol. The second-order valence-corrected chi connectivity index (χ2v) is 9.23. The number of hydrogen-bond donors (Lipinski definition) is 3.